The lowest BCUT2D eigenvalue weighted by Crippen LogP contribution is -2.46. The first-order valence-corrected chi connectivity index (χ1v) is 9.33. The topological polar surface area (TPSA) is 45.7 Å². The third kappa shape index (κ3) is 5.84. The van der Waals surface area contributed by atoms with E-state index in [0.29, 0.717) is 25.3 Å². The van der Waals surface area contributed by atoms with Crippen LogP contribution in [0.5, 0.6) is 0 Å². The van der Waals surface area contributed by atoms with Gasteiger partial charge in [0.2, 0.25) is 5.91 Å². The van der Waals surface area contributed by atoms with Crippen molar-refractivity contribution < 1.29 is 13.9 Å². The number of aromatic nitrogens is 1. The summed E-state index contributed by atoms with van der Waals surface area (Å²) in [6, 6.07) is 12.4. The van der Waals surface area contributed by atoms with Gasteiger partial charge < -0.3 is 9.64 Å². The minimum absolute atomic E-state index is 0.0292. The van der Waals surface area contributed by atoms with Crippen molar-refractivity contribution in [1.82, 2.24) is 14.8 Å². The van der Waals surface area contributed by atoms with Gasteiger partial charge in [-0.25, -0.2) is 4.39 Å². The summed E-state index contributed by atoms with van der Waals surface area (Å²) in [5.41, 5.74) is 1.49. The molecule has 0 aliphatic carbocycles. The molecule has 2 heterocycles. The fraction of sp³-hybridized carbons (Fsp3) is 0.429. The average Bonchev–Trinajstić information content (AvgIpc) is 2.69. The van der Waals surface area contributed by atoms with E-state index in [9.17, 15) is 9.18 Å². The summed E-state index contributed by atoms with van der Waals surface area (Å²) >= 11 is 0. The smallest absolute Gasteiger partial charge is 0.236 e. The number of benzene rings is 1. The Bertz CT molecular complexity index is 741. The van der Waals surface area contributed by atoms with Crippen LogP contribution in [0.2, 0.25) is 0 Å². The van der Waals surface area contributed by atoms with Gasteiger partial charge in [0.15, 0.2) is 0 Å². The van der Waals surface area contributed by atoms with Crippen LogP contribution < -0.4 is 0 Å². The second kappa shape index (κ2) is 9.58. The molecule has 1 amide bonds. The third-order valence-corrected chi connectivity index (χ3v) is 4.73. The van der Waals surface area contributed by atoms with Crippen LogP contribution in [-0.2, 0) is 22.7 Å². The molecule has 0 spiro atoms. The Morgan fingerprint density at radius 2 is 2.11 bits per heavy atom. The molecular weight excluding hydrogens is 345 g/mol. The van der Waals surface area contributed by atoms with Crippen molar-refractivity contribution >= 4 is 5.91 Å². The number of likely N-dealkylation sites (N-methyl/N-ethyl adjacent to an activating group) is 1. The predicted molar refractivity (Wildman–Crippen MR) is 101 cm³/mol. The second-order valence-corrected chi connectivity index (χ2v) is 7.00. The molecule has 0 radical (unpaired) electrons. The molecule has 0 unspecified atom stereocenters. The zero-order chi connectivity index (χ0) is 19.1. The predicted octanol–water partition coefficient (Wildman–Crippen LogP) is 2.86. The van der Waals surface area contributed by atoms with Gasteiger partial charge in [-0.05, 0) is 38.1 Å². The number of piperidine rings is 1. The van der Waals surface area contributed by atoms with E-state index in [2.05, 4.69) is 4.98 Å². The maximum atomic E-state index is 13.8. The van der Waals surface area contributed by atoms with Crippen LogP contribution in [0.4, 0.5) is 4.39 Å². The number of carbonyl (C=O) groups excluding carboxylic acids is 1. The zero-order valence-corrected chi connectivity index (χ0v) is 15.7. The van der Waals surface area contributed by atoms with Gasteiger partial charge in [-0.15, -0.1) is 0 Å². The highest BCUT2D eigenvalue weighted by molar-refractivity contribution is 5.78. The number of rotatable bonds is 7. The summed E-state index contributed by atoms with van der Waals surface area (Å²) in [4.78, 5) is 20.6. The molecule has 0 bridgehead atoms. The van der Waals surface area contributed by atoms with Crippen LogP contribution in [-0.4, -0.2) is 53.5 Å². The van der Waals surface area contributed by atoms with Crippen LogP contribution in [0, 0.1) is 5.82 Å². The van der Waals surface area contributed by atoms with E-state index >= 15 is 0 Å². The van der Waals surface area contributed by atoms with Crippen molar-refractivity contribution in [3.05, 3.63) is 65.7 Å². The molecule has 1 aromatic heterocycles. The molecule has 3 rings (SSSR count). The van der Waals surface area contributed by atoms with Crippen molar-refractivity contribution in [2.75, 3.05) is 26.7 Å². The Morgan fingerprint density at radius 1 is 1.30 bits per heavy atom. The van der Waals surface area contributed by atoms with Gasteiger partial charge in [-0.3, -0.25) is 14.7 Å². The number of nitrogens with zero attached hydrogens (tertiary/aromatic N) is 3. The lowest BCUT2D eigenvalue weighted by atomic mass is 10.1. The molecule has 1 aliphatic rings. The Labute approximate surface area is 159 Å². The molecule has 0 saturated carbocycles. The van der Waals surface area contributed by atoms with E-state index < -0.39 is 0 Å². The van der Waals surface area contributed by atoms with Crippen LogP contribution in [0.1, 0.15) is 24.1 Å². The van der Waals surface area contributed by atoms with Crippen molar-refractivity contribution in [2.45, 2.75) is 32.1 Å². The van der Waals surface area contributed by atoms with Gasteiger partial charge in [-0.2, -0.15) is 0 Å². The number of amides is 1. The third-order valence-electron chi connectivity index (χ3n) is 4.73. The summed E-state index contributed by atoms with van der Waals surface area (Å²) < 4.78 is 19.7. The lowest BCUT2D eigenvalue weighted by molar-refractivity contribution is -0.136. The minimum Gasteiger partial charge on any atom is -0.370 e. The minimum atomic E-state index is -0.238. The fourth-order valence-corrected chi connectivity index (χ4v) is 3.29. The van der Waals surface area contributed by atoms with Crippen molar-refractivity contribution in [3.63, 3.8) is 0 Å². The van der Waals surface area contributed by atoms with E-state index in [0.717, 1.165) is 25.1 Å². The number of hydrogen-bond acceptors (Lipinski definition) is 4. The number of pyridine rings is 1. The molecule has 1 atom stereocenters. The summed E-state index contributed by atoms with van der Waals surface area (Å²) in [7, 11) is 1.84. The van der Waals surface area contributed by atoms with Gasteiger partial charge in [0, 0.05) is 31.4 Å². The summed E-state index contributed by atoms with van der Waals surface area (Å²) in [5.74, 6) is -0.183. The van der Waals surface area contributed by atoms with E-state index in [1.54, 1.807) is 18.3 Å². The van der Waals surface area contributed by atoms with Gasteiger partial charge in [0.1, 0.15) is 5.82 Å². The molecule has 1 aliphatic heterocycles. The van der Waals surface area contributed by atoms with E-state index in [4.69, 9.17) is 4.74 Å². The quantitative estimate of drug-likeness (QED) is 0.751. The molecular formula is C21H26FN3O2. The molecule has 27 heavy (non-hydrogen) atoms. The molecule has 6 heteroatoms. The van der Waals surface area contributed by atoms with E-state index in [1.165, 1.54) is 6.07 Å². The first kappa shape index (κ1) is 19.5. The highest BCUT2D eigenvalue weighted by Crippen LogP contribution is 2.16. The molecule has 1 fully saturated rings. The monoisotopic (exact) mass is 371 g/mol. The average molecular weight is 371 g/mol. The van der Waals surface area contributed by atoms with Crippen LogP contribution in [0.3, 0.4) is 0 Å². The Kier molecular flexibility index (Phi) is 6.90. The second-order valence-electron chi connectivity index (χ2n) is 7.00. The van der Waals surface area contributed by atoms with Crippen LogP contribution >= 0.6 is 0 Å². The Morgan fingerprint density at radius 3 is 2.89 bits per heavy atom. The van der Waals surface area contributed by atoms with Crippen LogP contribution in [0.15, 0.2) is 48.7 Å². The van der Waals surface area contributed by atoms with E-state index in [1.807, 2.05) is 41.1 Å². The molecule has 144 valence electrons. The van der Waals surface area contributed by atoms with Gasteiger partial charge >= 0.3 is 0 Å². The summed E-state index contributed by atoms with van der Waals surface area (Å²) in [6.07, 6.45) is 3.65. The standard InChI is InChI=1S/C21H26FN3O2/c1-24(13-17-7-2-3-10-20(17)22)15-21(26)25-12-6-9-19(14-25)27-16-18-8-4-5-11-23-18/h2-5,7-8,10-11,19H,6,9,12-16H2,1H3/t19-/m0/s1. The number of carbonyl (C=O) groups is 1. The SMILES string of the molecule is CN(CC(=O)N1CCC[C@H](OCc2ccccn2)C1)Cc1ccccc1F. The highest BCUT2D eigenvalue weighted by Gasteiger charge is 2.25. The molecule has 2 aromatic rings. The maximum Gasteiger partial charge on any atom is 0.236 e. The zero-order valence-electron chi connectivity index (χ0n) is 15.7. The Hall–Kier alpha value is -2.31. The molecule has 5 nitrogen and oxygen atoms in total. The van der Waals surface area contributed by atoms with Gasteiger partial charge in [0.25, 0.3) is 0 Å². The van der Waals surface area contributed by atoms with Crippen molar-refractivity contribution in [3.8, 4) is 0 Å². The van der Waals surface area contributed by atoms with Crippen LogP contribution in [0.25, 0.3) is 0 Å². The van der Waals surface area contributed by atoms with Crippen molar-refractivity contribution in [2.24, 2.45) is 0 Å². The fourth-order valence-electron chi connectivity index (χ4n) is 3.29. The maximum absolute atomic E-state index is 13.8. The largest absolute Gasteiger partial charge is 0.370 e. The molecule has 0 N–H and O–H groups in total. The first-order chi connectivity index (χ1) is 13.1. The Balaban J connectivity index is 1.47. The number of halogens is 1. The van der Waals surface area contributed by atoms with Crippen molar-refractivity contribution in [1.29, 1.82) is 0 Å². The van der Waals surface area contributed by atoms with E-state index in [-0.39, 0.29) is 24.4 Å². The molecule has 1 saturated heterocycles. The summed E-state index contributed by atoms with van der Waals surface area (Å²) in [5, 5.41) is 0. The summed E-state index contributed by atoms with van der Waals surface area (Å²) in [6.45, 7) is 2.48. The normalized spacial score (nSPS) is 17.3. The first-order valence-electron chi connectivity index (χ1n) is 9.33. The molecule has 1 aromatic carbocycles. The lowest BCUT2D eigenvalue weighted by Gasteiger charge is -2.33. The van der Waals surface area contributed by atoms with Gasteiger partial charge in [0.05, 0.1) is 24.9 Å². The number of ether oxygens (including phenoxy) is 1. The van der Waals surface area contributed by atoms with Gasteiger partial charge in [-0.1, -0.05) is 24.3 Å². The number of hydrogen-bond donors (Lipinski definition) is 0. The highest BCUT2D eigenvalue weighted by atomic mass is 19.1. The number of likely N-dealkylation sites (tertiary alicyclic amines) is 1.